The molecule has 0 unspecified atom stereocenters. The first-order valence-corrected chi connectivity index (χ1v) is 8.20. The summed E-state index contributed by atoms with van der Waals surface area (Å²) in [5.74, 6) is -0.320. The van der Waals surface area contributed by atoms with Crippen LogP contribution in [0.1, 0.15) is 37.1 Å². The van der Waals surface area contributed by atoms with Gasteiger partial charge in [-0.3, -0.25) is 9.78 Å². The van der Waals surface area contributed by atoms with Crippen LogP contribution < -0.4 is 5.69 Å². The number of hydrogen-bond acceptors (Lipinski definition) is 4. The molecule has 2 atom stereocenters. The first-order chi connectivity index (χ1) is 12.0. The monoisotopic (exact) mass is 348 g/mol. The summed E-state index contributed by atoms with van der Waals surface area (Å²) in [7, 11) is 1.40. The lowest BCUT2D eigenvalue weighted by molar-refractivity contribution is -0.156. The summed E-state index contributed by atoms with van der Waals surface area (Å²) in [6.45, 7) is 2.53. The molecule has 0 saturated carbocycles. The smallest absolute Gasteiger partial charge is 0.340 e. The van der Waals surface area contributed by atoms with E-state index < -0.39 is 11.4 Å². The van der Waals surface area contributed by atoms with E-state index in [0.717, 1.165) is 12.8 Å². The predicted octanol–water partition coefficient (Wildman–Crippen LogP) is 1.50. The third-order valence-corrected chi connectivity index (χ3v) is 4.82. The minimum Gasteiger partial charge on any atom is -0.364 e. The number of hydrogen-bond donors (Lipinski definition) is 2. The Labute approximate surface area is 144 Å². The zero-order valence-corrected chi connectivity index (χ0v) is 14.2. The predicted molar refractivity (Wildman–Crippen MR) is 88.5 cm³/mol. The number of aromatic amines is 2. The molecule has 0 aliphatic carbocycles. The van der Waals surface area contributed by atoms with E-state index in [1.165, 1.54) is 13.2 Å². The van der Waals surface area contributed by atoms with Crippen molar-refractivity contribution in [3.8, 4) is 0 Å². The molecule has 1 fully saturated rings. The summed E-state index contributed by atoms with van der Waals surface area (Å²) in [5, 5.41) is 6.31. The van der Waals surface area contributed by atoms with Crippen LogP contribution in [0.3, 0.4) is 0 Å². The van der Waals surface area contributed by atoms with Gasteiger partial charge in [-0.1, -0.05) is 18.2 Å². The van der Waals surface area contributed by atoms with Gasteiger partial charge in [0.15, 0.2) is 5.60 Å². The molecule has 134 valence electrons. The van der Waals surface area contributed by atoms with Crippen LogP contribution in [0.25, 0.3) is 0 Å². The zero-order chi connectivity index (χ0) is 18.0. The Morgan fingerprint density at radius 2 is 2.20 bits per heavy atom. The SMILES string of the molecule is CO[C@](C)(C(=O)N1CCC[C@H](c2n[nH]c(=O)[nH]2)C1)c1ccccc1F. The molecule has 1 aliphatic heterocycles. The van der Waals surface area contributed by atoms with E-state index in [9.17, 15) is 14.0 Å². The van der Waals surface area contributed by atoms with E-state index in [1.807, 2.05) is 0 Å². The Kier molecular flexibility index (Phi) is 4.71. The number of nitrogens with zero attached hydrogens (tertiary/aromatic N) is 2. The number of carbonyl (C=O) groups excluding carboxylic acids is 1. The molecule has 2 N–H and O–H groups in total. The average Bonchev–Trinajstić information content (AvgIpc) is 3.07. The van der Waals surface area contributed by atoms with Crippen LogP contribution in [0.4, 0.5) is 4.39 Å². The van der Waals surface area contributed by atoms with Crippen molar-refractivity contribution in [3.05, 3.63) is 52.0 Å². The number of amides is 1. The van der Waals surface area contributed by atoms with Crippen molar-refractivity contribution < 1.29 is 13.9 Å². The highest BCUT2D eigenvalue weighted by atomic mass is 19.1. The van der Waals surface area contributed by atoms with E-state index in [0.29, 0.717) is 18.9 Å². The molecule has 1 aromatic carbocycles. The van der Waals surface area contributed by atoms with Crippen molar-refractivity contribution in [2.24, 2.45) is 0 Å². The van der Waals surface area contributed by atoms with Gasteiger partial charge in [-0.05, 0) is 25.8 Å². The topological polar surface area (TPSA) is 91.1 Å². The average molecular weight is 348 g/mol. The largest absolute Gasteiger partial charge is 0.364 e. The van der Waals surface area contributed by atoms with Gasteiger partial charge in [0, 0.05) is 31.7 Å². The molecule has 3 rings (SSSR count). The first-order valence-electron chi connectivity index (χ1n) is 8.20. The molecule has 2 heterocycles. The standard InChI is InChI=1S/C17H21FN4O3/c1-17(25-2,12-7-3-4-8-13(12)18)15(23)22-9-5-6-11(10-22)14-19-16(24)21-20-14/h3-4,7-8,11H,5-6,9-10H2,1-2H3,(H2,19,20,21,24)/t11-,17-/m0/s1. The van der Waals surface area contributed by atoms with Crippen LogP contribution >= 0.6 is 0 Å². The van der Waals surface area contributed by atoms with Gasteiger partial charge in [0.2, 0.25) is 0 Å². The summed E-state index contributed by atoms with van der Waals surface area (Å²) in [6.07, 6.45) is 1.58. The molecule has 2 aromatic rings. The molecule has 1 aromatic heterocycles. The van der Waals surface area contributed by atoms with Crippen molar-refractivity contribution in [2.75, 3.05) is 20.2 Å². The number of likely N-dealkylation sites (tertiary alicyclic amines) is 1. The lowest BCUT2D eigenvalue weighted by Crippen LogP contribution is -2.50. The minimum atomic E-state index is -1.41. The van der Waals surface area contributed by atoms with E-state index in [2.05, 4.69) is 15.2 Å². The second-order valence-electron chi connectivity index (χ2n) is 6.37. The second kappa shape index (κ2) is 6.79. The van der Waals surface area contributed by atoms with Gasteiger partial charge in [-0.15, -0.1) is 0 Å². The van der Waals surface area contributed by atoms with Gasteiger partial charge in [0.1, 0.15) is 11.6 Å². The van der Waals surface area contributed by atoms with Gasteiger partial charge in [0.05, 0.1) is 0 Å². The molecule has 1 amide bonds. The van der Waals surface area contributed by atoms with E-state index in [4.69, 9.17) is 4.74 Å². The van der Waals surface area contributed by atoms with Gasteiger partial charge in [-0.25, -0.2) is 14.3 Å². The van der Waals surface area contributed by atoms with Crippen LogP contribution in [0.5, 0.6) is 0 Å². The summed E-state index contributed by atoms with van der Waals surface area (Å²) in [4.78, 5) is 28.7. The van der Waals surface area contributed by atoms with E-state index in [-0.39, 0.29) is 23.1 Å². The summed E-state index contributed by atoms with van der Waals surface area (Å²) >= 11 is 0. The van der Waals surface area contributed by atoms with Gasteiger partial charge >= 0.3 is 5.69 Å². The molecule has 0 radical (unpaired) electrons. The number of nitrogens with one attached hydrogen (secondary N) is 2. The number of benzene rings is 1. The number of H-pyrrole nitrogens is 2. The Bertz CT molecular complexity index is 818. The van der Waals surface area contributed by atoms with Gasteiger partial charge < -0.3 is 9.64 Å². The molecule has 7 nitrogen and oxygen atoms in total. The highest BCUT2D eigenvalue weighted by Gasteiger charge is 2.42. The number of aromatic nitrogens is 3. The third-order valence-electron chi connectivity index (χ3n) is 4.82. The fourth-order valence-corrected chi connectivity index (χ4v) is 3.32. The fraction of sp³-hybridized carbons (Fsp3) is 0.471. The highest BCUT2D eigenvalue weighted by Crippen LogP contribution is 2.32. The number of carbonyl (C=O) groups is 1. The van der Waals surface area contributed by atoms with Crippen molar-refractivity contribution in [1.29, 1.82) is 0 Å². The van der Waals surface area contributed by atoms with Crippen LogP contribution in [0, 0.1) is 5.82 Å². The zero-order valence-electron chi connectivity index (χ0n) is 14.2. The fourth-order valence-electron chi connectivity index (χ4n) is 3.32. The minimum absolute atomic E-state index is 0.0709. The van der Waals surface area contributed by atoms with Crippen LogP contribution in [-0.4, -0.2) is 46.2 Å². The molecule has 1 saturated heterocycles. The number of methoxy groups -OCH3 is 1. The van der Waals surface area contributed by atoms with Crippen LogP contribution in [0.2, 0.25) is 0 Å². The molecular weight excluding hydrogens is 327 g/mol. The van der Waals surface area contributed by atoms with Gasteiger partial charge in [0.25, 0.3) is 5.91 Å². The molecule has 25 heavy (non-hydrogen) atoms. The summed E-state index contributed by atoms with van der Waals surface area (Å²) < 4.78 is 19.7. The van der Waals surface area contributed by atoms with Gasteiger partial charge in [-0.2, -0.15) is 5.10 Å². The molecule has 0 bridgehead atoms. The Hall–Kier alpha value is -2.48. The second-order valence-corrected chi connectivity index (χ2v) is 6.37. The maximum absolute atomic E-state index is 14.2. The molecular formula is C17H21FN4O3. The molecule has 8 heteroatoms. The number of piperidine rings is 1. The maximum Gasteiger partial charge on any atom is 0.340 e. The van der Waals surface area contributed by atoms with Crippen molar-refractivity contribution in [1.82, 2.24) is 20.1 Å². The van der Waals surface area contributed by atoms with Crippen molar-refractivity contribution in [3.63, 3.8) is 0 Å². The Morgan fingerprint density at radius 1 is 1.44 bits per heavy atom. The van der Waals surface area contributed by atoms with Crippen LogP contribution in [0.15, 0.2) is 29.1 Å². The maximum atomic E-state index is 14.2. The lowest BCUT2D eigenvalue weighted by atomic mass is 9.90. The quantitative estimate of drug-likeness (QED) is 0.876. The van der Waals surface area contributed by atoms with Crippen molar-refractivity contribution in [2.45, 2.75) is 31.3 Å². The van der Waals surface area contributed by atoms with E-state index in [1.54, 1.807) is 30.0 Å². The molecule has 0 spiro atoms. The third kappa shape index (κ3) is 3.21. The first kappa shape index (κ1) is 17.3. The van der Waals surface area contributed by atoms with E-state index >= 15 is 0 Å². The Balaban J connectivity index is 1.85. The van der Waals surface area contributed by atoms with Crippen LogP contribution in [-0.2, 0) is 15.1 Å². The number of ether oxygens (including phenoxy) is 1. The number of rotatable bonds is 4. The highest BCUT2D eigenvalue weighted by molar-refractivity contribution is 5.86. The van der Waals surface area contributed by atoms with Crippen molar-refractivity contribution >= 4 is 5.91 Å². The summed E-state index contributed by atoms with van der Waals surface area (Å²) in [5.41, 5.74) is -1.57. The normalized spacial score (nSPS) is 20.3. The lowest BCUT2D eigenvalue weighted by Gasteiger charge is -2.38. The number of halogens is 1. The Morgan fingerprint density at radius 3 is 2.84 bits per heavy atom. The summed E-state index contributed by atoms with van der Waals surface area (Å²) in [6, 6.07) is 6.12. The molecule has 1 aliphatic rings.